The number of nitrogens with one attached hydrogen (secondary N) is 1. The molecule has 1 amide bonds. The minimum Gasteiger partial charge on any atom is -0.466 e. The fraction of sp³-hybridized carbons (Fsp3) is 0.206. The van der Waals surface area contributed by atoms with E-state index in [4.69, 9.17) is 4.74 Å². The Morgan fingerprint density at radius 2 is 1.38 bits per heavy atom. The lowest BCUT2D eigenvalue weighted by Crippen LogP contribution is -2.49. The predicted molar refractivity (Wildman–Crippen MR) is 162 cm³/mol. The molecule has 4 aromatic rings. The molecule has 5 rings (SSSR count). The Kier molecular flexibility index (Phi) is 9.26. The highest BCUT2D eigenvalue weighted by Gasteiger charge is 2.32. The maximum Gasteiger partial charge on any atom is 0.344 e. The summed E-state index contributed by atoms with van der Waals surface area (Å²) in [5.41, 5.74) is 5.04. The van der Waals surface area contributed by atoms with Gasteiger partial charge in [-0.2, -0.15) is 0 Å². The van der Waals surface area contributed by atoms with Crippen molar-refractivity contribution in [2.75, 3.05) is 50.1 Å². The number of esters is 2. The Labute approximate surface area is 245 Å². The molecular weight excluding hydrogens is 530 g/mol. The van der Waals surface area contributed by atoms with Crippen molar-refractivity contribution in [1.82, 2.24) is 4.90 Å². The van der Waals surface area contributed by atoms with Gasteiger partial charge in [-0.15, -0.1) is 0 Å². The Hall–Kier alpha value is -4.95. The lowest BCUT2D eigenvalue weighted by atomic mass is 9.99. The van der Waals surface area contributed by atoms with Gasteiger partial charge in [-0.05, 0) is 47.0 Å². The van der Waals surface area contributed by atoms with Crippen molar-refractivity contribution >= 4 is 29.2 Å². The van der Waals surface area contributed by atoms with Crippen molar-refractivity contribution in [3.63, 3.8) is 0 Å². The van der Waals surface area contributed by atoms with E-state index in [1.807, 2.05) is 109 Å². The van der Waals surface area contributed by atoms with Crippen LogP contribution in [0, 0.1) is 0 Å². The van der Waals surface area contributed by atoms with Crippen LogP contribution in [0.1, 0.15) is 22.0 Å². The maximum absolute atomic E-state index is 13.2. The van der Waals surface area contributed by atoms with Crippen molar-refractivity contribution in [3.8, 4) is 11.1 Å². The van der Waals surface area contributed by atoms with Crippen molar-refractivity contribution in [2.45, 2.75) is 6.04 Å². The number of nitrogens with zero attached hydrogens (tertiary/aromatic N) is 2. The summed E-state index contributed by atoms with van der Waals surface area (Å²) in [6, 6.07) is 34.1. The molecule has 8 nitrogen and oxygen atoms in total. The number of carbonyl (C=O) groups is 3. The Morgan fingerprint density at radius 1 is 0.762 bits per heavy atom. The van der Waals surface area contributed by atoms with Gasteiger partial charge in [0.2, 0.25) is 0 Å². The molecule has 1 saturated heterocycles. The molecule has 0 radical (unpaired) electrons. The fourth-order valence-corrected chi connectivity index (χ4v) is 5.14. The first kappa shape index (κ1) is 28.6. The van der Waals surface area contributed by atoms with Crippen LogP contribution >= 0.6 is 0 Å². The lowest BCUT2D eigenvalue weighted by molar-refractivity contribution is -0.161. The van der Waals surface area contributed by atoms with Crippen LogP contribution in [-0.4, -0.2) is 62.6 Å². The van der Waals surface area contributed by atoms with Crippen LogP contribution in [0.15, 0.2) is 109 Å². The molecule has 1 atom stereocenters. The van der Waals surface area contributed by atoms with Crippen molar-refractivity contribution < 1.29 is 23.9 Å². The summed E-state index contributed by atoms with van der Waals surface area (Å²) >= 11 is 0. The summed E-state index contributed by atoms with van der Waals surface area (Å²) in [5.74, 6) is -1.24. The van der Waals surface area contributed by atoms with Gasteiger partial charge >= 0.3 is 11.9 Å². The van der Waals surface area contributed by atoms with E-state index in [0.717, 1.165) is 22.4 Å². The highest BCUT2D eigenvalue weighted by Crippen LogP contribution is 2.28. The molecule has 0 aromatic heterocycles. The van der Waals surface area contributed by atoms with E-state index >= 15 is 0 Å². The van der Waals surface area contributed by atoms with Gasteiger partial charge in [0.05, 0.1) is 7.11 Å². The molecule has 0 saturated carbocycles. The number of ether oxygens (including phenoxy) is 2. The molecule has 0 bridgehead atoms. The minimum absolute atomic E-state index is 0.165. The zero-order valence-corrected chi connectivity index (χ0v) is 23.4. The van der Waals surface area contributed by atoms with Gasteiger partial charge in [0.25, 0.3) is 5.91 Å². The Morgan fingerprint density at radius 3 is 2.05 bits per heavy atom. The topological polar surface area (TPSA) is 88.2 Å². The van der Waals surface area contributed by atoms with Gasteiger partial charge in [0.15, 0.2) is 6.61 Å². The second-order valence-electron chi connectivity index (χ2n) is 9.93. The largest absolute Gasteiger partial charge is 0.466 e. The number of piperazine rings is 1. The molecule has 1 unspecified atom stereocenters. The summed E-state index contributed by atoms with van der Waals surface area (Å²) in [6.45, 7) is 2.23. The summed E-state index contributed by atoms with van der Waals surface area (Å²) in [6.07, 6.45) is 0. The first-order valence-electron chi connectivity index (χ1n) is 13.9. The quantitative estimate of drug-likeness (QED) is 0.281. The fourth-order valence-electron chi connectivity index (χ4n) is 5.14. The minimum atomic E-state index is -0.616. The monoisotopic (exact) mass is 563 g/mol. The number of hydrogen-bond donors (Lipinski definition) is 1. The maximum atomic E-state index is 13.2. The van der Waals surface area contributed by atoms with Crippen molar-refractivity contribution in [3.05, 3.63) is 120 Å². The number of carbonyl (C=O) groups excluding carboxylic acids is 3. The number of benzene rings is 4. The number of anilines is 2. The van der Waals surface area contributed by atoms with Crippen LogP contribution in [0.5, 0.6) is 0 Å². The molecule has 8 heteroatoms. The first-order valence-corrected chi connectivity index (χ1v) is 13.9. The van der Waals surface area contributed by atoms with E-state index < -0.39 is 24.6 Å². The van der Waals surface area contributed by atoms with Gasteiger partial charge < -0.3 is 19.7 Å². The van der Waals surface area contributed by atoms with E-state index in [0.29, 0.717) is 37.4 Å². The van der Waals surface area contributed by atoms with Crippen molar-refractivity contribution in [2.24, 2.45) is 0 Å². The zero-order chi connectivity index (χ0) is 29.3. The molecule has 1 heterocycles. The third kappa shape index (κ3) is 6.85. The first-order chi connectivity index (χ1) is 20.5. The molecule has 0 aliphatic carbocycles. The second kappa shape index (κ2) is 13.6. The van der Waals surface area contributed by atoms with Gasteiger partial charge in [-0.25, -0.2) is 9.59 Å². The van der Waals surface area contributed by atoms with Crippen LogP contribution in [0.2, 0.25) is 0 Å². The number of hydrogen-bond acceptors (Lipinski definition) is 7. The highest BCUT2D eigenvalue weighted by atomic mass is 16.6. The third-order valence-corrected chi connectivity index (χ3v) is 7.32. The molecule has 42 heavy (non-hydrogen) atoms. The molecular formula is C34H33N3O5. The van der Waals surface area contributed by atoms with Gasteiger partial charge in [0, 0.05) is 43.1 Å². The average Bonchev–Trinajstić information content (AvgIpc) is 3.05. The number of amides is 1. The standard InChI is InChI=1S/C34H33N3O5/c1-41-31(38)24-42-34(40)32(26-12-6-3-7-13-26)37-22-20-36(21-23-37)28-18-16-27(17-19-28)35-33(39)30-15-9-8-14-29(30)25-10-4-2-5-11-25/h2-19,32H,20-24H2,1H3,(H,35,39). The SMILES string of the molecule is COC(=O)COC(=O)C(c1ccccc1)N1CCN(c2ccc(NC(=O)c3ccccc3-c3ccccc3)cc2)CC1. The zero-order valence-electron chi connectivity index (χ0n) is 23.4. The van der Waals surface area contributed by atoms with Gasteiger partial charge in [0.1, 0.15) is 6.04 Å². The van der Waals surface area contributed by atoms with E-state index in [2.05, 4.69) is 19.9 Å². The highest BCUT2D eigenvalue weighted by molar-refractivity contribution is 6.08. The van der Waals surface area contributed by atoms with E-state index in [1.165, 1.54) is 7.11 Å². The number of rotatable bonds is 9. The molecule has 4 aromatic carbocycles. The molecule has 0 spiro atoms. The smallest absolute Gasteiger partial charge is 0.344 e. The van der Waals surface area contributed by atoms with Crippen LogP contribution in [-0.2, 0) is 19.1 Å². The predicted octanol–water partition coefficient (Wildman–Crippen LogP) is 5.19. The molecule has 1 fully saturated rings. The van der Waals surface area contributed by atoms with E-state index in [1.54, 1.807) is 0 Å². The van der Waals surface area contributed by atoms with Crippen LogP contribution in [0.3, 0.4) is 0 Å². The third-order valence-electron chi connectivity index (χ3n) is 7.32. The Bertz CT molecular complexity index is 1500. The Balaban J connectivity index is 1.22. The molecule has 214 valence electrons. The second-order valence-corrected chi connectivity index (χ2v) is 9.93. The van der Waals surface area contributed by atoms with Crippen LogP contribution in [0.4, 0.5) is 11.4 Å². The van der Waals surface area contributed by atoms with Crippen molar-refractivity contribution in [1.29, 1.82) is 0 Å². The van der Waals surface area contributed by atoms with Crippen LogP contribution < -0.4 is 10.2 Å². The van der Waals surface area contributed by atoms with Gasteiger partial charge in [-0.1, -0.05) is 78.9 Å². The summed E-state index contributed by atoms with van der Waals surface area (Å²) in [5, 5.41) is 3.03. The molecule has 1 aliphatic heterocycles. The molecule has 1 N–H and O–H groups in total. The summed E-state index contributed by atoms with van der Waals surface area (Å²) in [4.78, 5) is 42.1. The van der Waals surface area contributed by atoms with Crippen LogP contribution in [0.25, 0.3) is 11.1 Å². The van der Waals surface area contributed by atoms with E-state index in [-0.39, 0.29) is 5.91 Å². The normalized spacial score (nSPS) is 14.1. The van der Waals surface area contributed by atoms with E-state index in [9.17, 15) is 14.4 Å². The average molecular weight is 564 g/mol. The number of methoxy groups -OCH3 is 1. The molecule has 1 aliphatic rings. The van der Waals surface area contributed by atoms with Gasteiger partial charge in [-0.3, -0.25) is 9.69 Å². The summed E-state index contributed by atoms with van der Waals surface area (Å²) < 4.78 is 9.89. The summed E-state index contributed by atoms with van der Waals surface area (Å²) in [7, 11) is 1.26. The lowest BCUT2D eigenvalue weighted by Gasteiger charge is -2.39.